The monoisotopic (exact) mass is 236 g/mol. The Bertz CT molecular complexity index is 335. The molecule has 0 atom stereocenters. The molecule has 0 radical (unpaired) electrons. The third kappa shape index (κ3) is 9.30. The first-order valence-electron chi connectivity index (χ1n) is 5.75. The highest BCUT2D eigenvalue weighted by molar-refractivity contribution is 5.83. The van der Waals surface area contributed by atoms with Crippen LogP contribution in [0, 0.1) is 0 Å². The van der Waals surface area contributed by atoms with E-state index >= 15 is 0 Å². The normalized spacial score (nSPS) is 12.9. The van der Waals surface area contributed by atoms with Gasteiger partial charge in [0.05, 0.1) is 6.61 Å². The second-order valence-corrected chi connectivity index (χ2v) is 3.80. The zero-order valence-electron chi connectivity index (χ0n) is 10.7. The van der Waals surface area contributed by atoms with E-state index in [0.29, 0.717) is 12.2 Å². The molecule has 0 N–H and O–H groups in total. The fraction of sp³-hybridized carbons (Fsp3) is 0.429. The highest BCUT2D eigenvalue weighted by Gasteiger charge is 1.96. The van der Waals surface area contributed by atoms with Gasteiger partial charge in [-0.15, -0.1) is 0 Å². The van der Waals surface area contributed by atoms with Crippen LogP contribution in [0.2, 0.25) is 0 Å². The van der Waals surface area contributed by atoms with E-state index in [-0.39, 0.29) is 5.97 Å². The predicted octanol–water partition coefficient (Wildman–Crippen LogP) is 2.98. The second-order valence-electron chi connectivity index (χ2n) is 3.80. The first-order chi connectivity index (χ1) is 8.10. The van der Waals surface area contributed by atoms with Crippen LogP contribution >= 0.6 is 0 Å². The summed E-state index contributed by atoms with van der Waals surface area (Å²) >= 11 is 0. The van der Waals surface area contributed by atoms with Crippen molar-refractivity contribution in [3.63, 3.8) is 0 Å². The summed E-state index contributed by atoms with van der Waals surface area (Å²) in [5, 5.41) is 0. The van der Waals surface area contributed by atoms with Crippen LogP contribution in [0.4, 0.5) is 0 Å². The van der Waals surface area contributed by atoms with E-state index in [1.54, 1.807) is 25.2 Å². The van der Waals surface area contributed by atoms with Crippen molar-refractivity contribution in [1.29, 1.82) is 0 Å². The van der Waals surface area contributed by atoms with Gasteiger partial charge in [0, 0.05) is 6.08 Å². The summed E-state index contributed by atoms with van der Waals surface area (Å²) in [6.45, 7) is 6.03. The second kappa shape index (κ2) is 9.58. The van der Waals surface area contributed by atoms with E-state index in [1.165, 1.54) is 6.08 Å². The topological polar surface area (TPSA) is 43.4 Å². The van der Waals surface area contributed by atoms with E-state index in [2.05, 4.69) is 0 Å². The van der Waals surface area contributed by atoms with Crippen molar-refractivity contribution in [3.05, 3.63) is 35.5 Å². The Balaban J connectivity index is 4.16. The molecule has 0 saturated heterocycles. The van der Waals surface area contributed by atoms with Crippen molar-refractivity contribution in [1.82, 2.24) is 0 Å². The minimum atomic E-state index is -0.323. The van der Waals surface area contributed by atoms with Gasteiger partial charge in [-0.25, -0.2) is 4.79 Å². The van der Waals surface area contributed by atoms with Crippen molar-refractivity contribution in [2.75, 3.05) is 6.61 Å². The summed E-state index contributed by atoms with van der Waals surface area (Å²) in [5.74, 6) is -0.323. The smallest absolute Gasteiger partial charge is 0.331 e. The number of carbonyl (C=O) groups is 2. The minimum Gasteiger partial charge on any atom is -0.463 e. The average molecular weight is 236 g/mol. The number of hydrogen-bond donors (Lipinski definition) is 0. The molecule has 0 aliphatic carbocycles. The molecule has 0 aromatic heterocycles. The maximum absolute atomic E-state index is 11.3. The molecular formula is C14H20O3. The largest absolute Gasteiger partial charge is 0.463 e. The van der Waals surface area contributed by atoms with Gasteiger partial charge in [-0.2, -0.15) is 0 Å². The lowest BCUT2D eigenvalue weighted by atomic mass is 10.2. The summed E-state index contributed by atoms with van der Waals surface area (Å²) in [6, 6.07) is 0. The zero-order chi connectivity index (χ0) is 13.1. The molecular weight excluding hydrogens is 216 g/mol. The van der Waals surface area contributed by atoms with Crippen LogP contribution < -0.4 is 0 Å². The molecule has 0 amide bonds. The van der Waals surface area contributed by atoms with Gasteiger partial charge in [0.25, 0.3) is 0 Å². The Morgan fingerprint density at radius 3 is 2.53 bits per heavy atom. The molecule has 0 saturated carbocycles. The number of hydrogen-bond acceptors (Lipinski definition) is 3. The summed E-state index contributed by atoms with van der Waals surface area (Å²) in [6.07, 6.45) is 9.29. The molecule has 0 heterocycles. The highest BCUT2D eigenvalue weighted by atomic mass is 16.5. The quantitative estimate of drug-likeness (QED) is 0.224. The maximum Gasteiger partial charge on any atom is 0.331 e. The highest BCUT2D eigenvalue weighted by Crippen LogP contribution is 1.98. The molecule has 0 rings (SSSR count). The molecule has 0 fully saturated rings. The first-order valence-corrected chi connectivity index (χ1v) is 5.75. The standard InChI is InChI=1S/C14H20O3/c1-4-5-9-17-14(16)10-12(2)7-6-8-13(3)11-15/h6-8,10-11H,4-5,9H2,1-3H3/b7-6+,12-10+,13-8-. The van der Waals surface area contributed by atoms with E-state index in [4.69, 9.17) is 4.74 Å². The molecule has 0 spiro atoms. The number of rotatable bonds is 7. The first kappa shape index (κ1) is 15.4. The summed E-state index contributed by atoms with van der Waals surface area (Å²) in [5.41, 5.74) is 1.43. The van der Waals surface area contributed by atoms with Crippen molar-refractivity contribution < 1.29 is 14.3 Å². The molecule has 3 heteroatoms. The van der Waals surface area contributed by atoms with Gasteiger partial charge in [-0.05, 0) is 31.4 Å². The van der Waals surface area contributed by atoms with Gasteiger partial charge in [-0.1, -0.05) is 31.6 Å². The van der Waals surface area contributed by atoms with Gasteiger partial charge in [0.2, 0.25) is 0 Å². The lowest BCUT2D eigenvalue weighted by Crippen LogP contribution is -2.02. The number of unbranched alkanes of at least 4 members (excludes halogenated alkanes) is 1. The van der Waals surface area contributed by atoms with Crippen LogP contribution in [-0.2, 0) is 14.3 Å². The number of esters is 1. The number of aldehydes is 1. The SMILES string of the molecule is CCCCOC(=O)/C=C(C)/C=C/C=C(/C)C=O. The van der Waals surface area contributed by atoms with Crippen molar-refractivity contribution in [3.8, 4) is 0 Å². The summed E-state index contributed by atoms with van der Waals surface area (Å²) in [4.78, 5) is 21.6. The van der Waals surface area contributed by atoms with E-state index in [1.807, 2.05) is 13.8 Å². The Labute approximate surface area is 103 Å². The molecule has 0 aromatic carbocycles. The summed E-state index contributed by atoms with van der Waals surface area (Å²) in [7, 11) is 0. The van der Waals surface area contributed by atoms with Gasteiger partial charge < -0.3 is 4.74 Å². The molecule has 0 aromatic rings. The average Bonchev–Trinajstić information content (AvgIpc) is 2.29. The number of carbonyl (C=O) groups excluding carboxylic acids is 2. The zero-order valence-corrected chi connectivity index (χ0v) is 10.7. The molecule has 17 heavy (non-hydrogen) atoms. The van der Waals surface area contributed by atoms with E-state index in [0.717, 1.165) is 24.7 Å². The lowest BCUT2D eigenvalue weighted by Gasteiger charge is -1.99. The molecule has 0 aliphatic heterocycles. The Morgan fingerprint density at radius 1 is 1.24 bits per heavy atom. The van der Waals surface area contributed by atoms with E-state index in [9.17, 15) is 9.59 Å². The number of allylic oxidation sites excluding steroid dienone is 5. The molecule has 3 nitrogen and oxygen atoms in total. The predicted molar refractivity (Wildman–Crippen MR) is 68.6 cm³/mol. The molecule has 94 valence electrons. The Hall–Kier alpha value is -1.64. The third-order valence-corrected chi connectivity index (χ3v) is 1.99. The van der Waals surface area contributed by atoms with Crippen LogP contribution in [-0.4, -0.2) is 18.9 Å². The van der Waals surface area contributed by atoms with Crippen molar-refractivity contribution in [2.45, 2.75) is 33.6 Å². The van der Waals surface area contributed by atoms with Gasteiger partial charge >= 0.3 is 5.97 Å². The van der Waals surface area contributed by atoms with Crippen LogP contribution in [0.15, 0.2) is 35.5 Å². The van der Waals surface area contributed by atoms with E-state index < -0.39 is 0 Å². The van der Waals surface area contributed by atoms with Crippen LogP contribution in [0.1, 0.15) is 33.6 Å². The fourth-order valence-electron chi connectivity index (χ4n) is 0.984. The number of ether oxygens (including phenoxy) is 1. The summed E-state index contributed by atoms with van der Waals surface area (Å²) < 4.78 is 4.98. The molecule has 0 bridgehead atoms. The van der Waals surface area contributed by atoms with Crippen molar-refractivity contribution in [2.24, 2.45) is 0 Å². The Kier molecular flexibility index (Phi) is 8.65. The third-order valence-electron chi connectivity index (χ3n) is 1.99. The molecule has 0 unspecified atom stereocenters. The van der Waals surface area contributed by atoms with Crippen LogP contribution in [0.5, 0.6) is 0 Å². The molecule has 0 aliphatic rings. The van der Waals surface area contributed by atoms with Gasteiger partial charge in [0.15, 0.2) is 0 Å². The fourth-order valence-corrected chi connectivity index (χ4v) is 0.984. The van der Waals surface area contributed by atoms with Gasteiger partial charge in [-0.3, -0.25) is 4.79 Å². The lowest BCUT2D eigenvalue weighted by molar-refractivity contribution is -0.137. The van der Waals surface area contributed by atoms with Gasteiger partial charge in [0.1, 0.15) is 6.29 Å². The maximum atomic E-state index is 11.3. The van der Waals surface area contributed by atoms with Crippen LogP contribution in [0.3, 0.4) is 0 Å². The minimum absolute atomic E-state index is 0.323. The Morgan fingerprint density at radius 2 is 1.94 bits per heavy atom. The van der Waals surface area contributed by atoms with Crippen molar-refractivity contribution >= 4 is 12.3 Å². The van der Waals surface area contributed by atoms with Crippen LogP contribution in [0.25, 0.3) is 0 Å².